The topological polar surface area (TPSA) is 77.8 Å². The molecule has 7 nitrogen and oxygen atoms in total. The molecule has 2 rings (SSSR count). The number of halogens is 1. The van der Waals surface area contributed by atoms with Crippen LogP contribution in [0.2, 0.25) is 0 Å². The van der Waals surface area contributed by atoms with Crippen molar-refractivity contribution < 1.29 is 4.74 Å². The van der Waals surface area contributed by atoms with Crippen LogP contribution in [-0.4, -0.2) is 52.0 Å². The molecule has 2 aromatic rings. The van der Waals surface area contributed by atoms with E-state index in [4.69, 9.17) is 4.74 Å². The molecule has 0 aliphatic rings. The van der Waals surface area contributed by atoms with Crippen LogP contribution < -0.4 is 5.32 Å². The molecule has 0 amide bonds. The van der Waals surface area contributed by atoms with Crippen molar-refractivity contribution in [2.75, 3.05) is 26.8 Å². The summed E-state index contributed by atoms with van der Waals surface area (Å²) in [6.45, 7) is 3.06. The van der Waals surface area contributed by atoms with Gasteiger partial charge in [-0.25, -0.2) is 4.68 Å². The third kappa shape index (κ3) is 5.70. The van der Waals surface area contributed by atoms with Gasteiger partial charge in [-0.05, 0) is 38.5 Å². The van der Waals surface area contributed by atoms with Crippen LogP contribution in [0.4, 0.5) is 0 Å². The van der Waals surface area contributed by atoms with Gasteiger partial charge < -0.3 is 10.1 Å². The molecule has 0 aliphatic heterocycles. The van der Waals surface area contributed by atoms with Gasteiger partial charge in [-0.15, -0.1) is 5.10 Å². The highest BCUT2D eigenvalue weighted by Gasteiger charge is 2.07. The fraction of sp³-hybridized carbons (Fsp3) is 0.500. The number of nitrogens with one attached hydrogen (secondary N) is 1. The van der Waals surface area contributed by atoms with E-state index < -0.39 is 0 Å². The van der Waals surface area contributed by atoms with Gasteiger partial charge in [0.2, 0.25) is 5.16 Å². The van der Waals surface area contributed by atoms with Crippen molar-refractivity contribution in [1.29, 1.82) is 0 Å². The minimum absolute atomic E-state index is 0.701. The molecule has 0 aliphatic carbocycles. The molecular weight excluding hydrogens is 356 g/mol. The zero-order valence-corrected chi connectivity index (χ0v) is 14.1. The van der Waals surface area contributed by atoms with Gasteiger partial charge in [0, 0.05) is 36.6 Å². The lowest BCUT2D eigenvalue weighted by molar-refractivity contribution is 0.199. The number of tetrazole rings is 1. The number of nitrogens with zero attached hydrogens (tertiary/aromatic N) is 5. The summed E-state index contributed by atoms with van der Waals surface area (Å²) in [5.41, 5.74) is 0.996. The number of aromatic nitrogens is 5. The van der Waals surface area contributed by atoms with Crippen molar-refractivity contribution in [2.24, 2.45) is 0 Å². The van der Waals surface area contributed by atoms with E-state index in [-0.39, 0.29) is 0 Å². The lowest BCUT2D eigenvalue weighted by atomic mass is 10.4. The minimum Gasteiger partial charge on any atom is -0.383 e. The maximum Gasteiger partial charge on any atom is 0.209 e. The molecule has 0 saturated carbocycles. The van der Waals surface area contributed by atoms with E-state index in [0.29, 0.717) is 6.61 Å². The molecular formula is C12H17BrN6OS. The van der Waals surface area contributed by atoms with Gasteiger partial charge in [0.15, 0.2) is 0 Å². The summed E-state index contributed by atoms with van der Waals surface area (Å²) in [5, 5.41) is 15.8. The quantitative estimate of drug-likeness (QED) is 0.525. The molecule has 0 unspecified atom stereocenters. The van der Waals surface area contributed by atoms with Crippen molar-refractivity contribution >= 4 is 27.7 Å². The van der Waals surface area contributed by atoms with Crippen LogP contribution in [-0.2, 0) is 17.0 Å². The van der Waals surface area contributed by atoms with Crippen LogP contribution in [0, 0.1) is 0 Å². The fourth-order valence-electron chi connectivity index (χ4n) is 1.55. The lowest BCUT2D eigenvalue weighted by Crippen LogP contribution is -2.24. The standard InChI is InChI=1S/C12H17BrN6OS/c1-20-7-5-14-4-6-19-12(16-17-18-19)21-9-11-3-2-10(13)8-15-11/h2-3,8,14H,4-7,9H2,1H3. The summed E-state index contributed by atoms with van der Waals surface area (Å²) < 4.78 is 7.74. The van der Waals surface area contributed by atoms with Crippen molar-refractivity contribution in [1.82, 2.24) is 30.5 Å². The van der Waals surface area contributed by atoms with E-state index in [2.05, 4.69) is 41.8 Å². The first-order chi connectivity index (χ1) is 10.3. The van der Waals surface area contributed by atoms with Crippen LogP contribution >= 0.6 is 27.7 Å². The Morgan fingerprint density at radius 1 is 1.38 bits per heavy atom. The molecule has 0 spiro atoms. The zero-order valence-electron chi connectivity index (χ0n) is 11.7. The molecule has 21 heavy (non-hydrogen) atoms. The summed E-state index contributed by atoms with van der Waals surface area (Å²) in [6, 6.07) is 3.96. The molecule has 0 fully saturated rings. The Morgan fingerprint density at radius 2 is 2.29 bits per heavy atom. The first-order valence-corrected chi connectivity index (χ1v) is 8.26. The maximum atomic E-state index is 4.97. The predicted octanol–water partition coefficient (Wildman–Crippen LogP) is 1.36. The number of thioether (sulfide) groups is 1. The monoisotopic (exact) mass is 372 g/mol. The van der Waals surface area contributed by atoms with Crippen molar-refractivity contribution in [3.8, 4) is 0 Å². The number of hydrogen-bond donors (Lipinski definition) is 1. The number of ether oxygens (including phenoxy) is 1. The summed E-state index contributed by atoms with van der Waals surface area (Å²) in [5.74, 6) is 0.741. The largest absolute Gasteiger partial charge is 0.383 e. The number of rotatable bonds is 9. The Kier molecular flexibility index (Phi) is 7.07. The summed E-state index contributed by atoms with van der Waals surface area (Å²) >= 11 is 4.95. The SMILES string of the molecule is COCCNCCn1nnnc1SCc1ccc(Br)cn1. The molecule has 1 N–H and O–H groups in total. The molecule has 9 heteroatoms. The van der Waals surface area contributed by atoms with E-state index in [1.54, 1.807) is 29.8 Å². The highest BCUT2D eigenvalue weighted by Crippen LogP contribution is 2.19. The van der Waals surface area contributed by atoms with Crippen LogP contribution in [0.15, 0.2) is 28.0 Å². The van der Waals surface area contributed by atoms with Crippen molar-refractivity contribution in [3.63, 3.8) is 0 Å². The van der Waals surface area contributed by atoms with Gasteiger partial charge in [0.05, 0.1) is 18.8 Å². The van der Waals surface area contributed by atoms with Crippen LogP contribution in [0.3, 0.4) is 0 Å². The van der Waals surface area contributed by atoms with E-state index in [1.807, 2.05) is 12.1 Å². The van der Waals surface area contributed by atoms with Gasteiger partial charge in [-0.3, -0.25) is 4.98 Å². The van der Waals surface area contributed by atoms with Crippen molar-refractivity contribution in [2.45, 2.75) is 17.5 Å². The molecule has 0 bridgehead atoms. The second-order valence-electron chi connectivity index (χ2n) is 4.18. The summed E-state index contributed by atoms with van der Waals surface area (Å²) in [4.78, 5) is 4.33. The Bertz CT molecular complexity index is 535. The third-order valence-electron chi connectivity index (χ3n) is 2.62. The van der Waals surface area contributed by atoms with E-state index in [0.717, 1.165) is 40.7 Å². The number of hydrogen-bond acceptors (Lipinski definition) is 7. The molecule has 0 radical (unpaired) electrons. The average Bonchev–Trinajstić information content (AvgIpc) is 2.94. The maximum absolute atomic E-state index is 4.97. The Labute approximate surface area is 136 Å². The number of methoxy groups -OCH3 is 1. The minimum atomic E-state index is 0.701. The molecule has 2 aromatic heterocycles. The summed E-state index contributed by atoms with van der Waals surface area (Å²) in [7, 11) is 1.69. The number of pyridine rings is 1. The van der Waals surface area contributed by atoms with Crippen molar-refractivity contribution in [3.05, 3.63) is 28.5 Å². The smallest absolute Gasteiger partial charge is 0.209 e. The van der Waals surface area contributed by atoms with Gasteiger partial charge in [-0.2, -0.15) is 0 Å². The zero-order chi connectivity index (χ0) is 14.9. The van der Waals surface area contributed by atoms with E-state index in [1.165, 1.54) is 0 Å². The van der Waals surface area contributed by atoms with Gasteiger partial charge in [0.25, 0.3) is 0 Å². The van der Waals surface area contributed by atoms with Crippen LogP contribution in [0.5, 0.6) is 0 Å². The second-order valence-corrected chi connectivity index (χ2v) is 6.04. The van der Waals surface area contributed by atoms with Gasteiger partial charge in [0.1, 0.15) is 0 Å². The highest BCUT2D eigenvalue weighted by molar-refractivity contribution is 9.10. The molecule has 114 valence electrons. The summed E-state index contributed by atoms with van der Waals surface area (Å²) in [6.07, 6.45) is 1.79. The molecule has 0 atom stereocenters. The first kappa shape index (κ1) is 16.3. The fourth-order valence-corrected chi connectivity index (χ4v) is 2.61. The third-order valence-corrected chi connectivity index (χ3v) is 4.08. The highest BCUT2D eigenvalue weighted by atomic mass is 79.9. The normalized spacial score (nSPS) is 11.0. The van der Waals surface area contributed by atoms with E-state index in [9.17, 15) is 0 Å². The van der Waals surface area contributed by atoms with Crippen LogP contribution in [0.1, 0.15) is 5.69 Å². The Morgan fingerprint density at radius 3 is 3.05 bits per heavy atom. The predicted molar refractivity (Wildman–Crippen MR) is 84.1 cm³/mol. The van der Waals surface area contributed by atoms with Gasteiger partial charge in [-0.1, -0.05) is 11.8 Å². The Hall–Kier alpha value is -1.03. The van der Waals surface area contributed by atoms with Crippen LogP contribution in [0.25, 0.3) is 0 Å². The first-order valence-electron chi connectivity index (χ1n) is 6.48. The molecule has 2 heterocycles. The van der Waals surface area contributed by atoms with Gasteiger partial charge >= 0.3 is 0 Å². The average molecular weight is 373 g/mol. The Balaban J connectivity index is 1.78. The second kappa shape index (κ2) is 9.08. The molecule has 0 aromatic carbocycles. The lowest BCUT2D eigenvalue weighted by Gasteiger charge is -2.05. The molecule has 0 saturated heterocycles. The van der Waals surface area contributed by atoms with E-state index >= 15 is 0 Å².